The molecule has 0 bridgehead atoms. The van der Waals surface area contributed by atoms with Crippen LogP contribution in [0.1, 0.15) is 6.42 Å². The van der Waals surface area contributed by atoms with Gasteiger partial charge in [-0.2, -0.15) is 0 Å². The van der Waals surface area contributed by atoms with E-state index in [0.29, 0.717) is 23.8 Å². The van der Waals surface area contributed by atoms with Crippen molar-refractivity contribution in [2.45, 2.75) is 6.42 Å². The van der Waals surface area contributed by atoms with E-state index in [-0.39, 0.29) is 11.2 Å². The maximum atomic E-state index is 11.2. The molecule has 7 heteroatoms. The van der Waals surface area contributed by atoms with Crippen molar-refractivity contribution in [2.24, 2.45) is 5.73 Å². The van der Waals surface area contributed by atoms with Crippen LogP contribution in [0.2, 0.25) is 0 Å². The molecule has 0 atom stereocenters. The fourth-order valence-corrected chi connectivity index (χ4v) is 1.18. The normalized spacial score (nSPS) is 9.93. The smallest absolute Gasteiger partial charge is 0.276 e. The molecule has 1 rings (SSSR count). The third-order valence-electron chi connectivity index (χ3n) is 1.92. The van der Waals surface area contributed by atoms with Crippen LogP contribution in [0, 0.1) is 0 Å². The van der Waals surface area contributed by atoms with Crippen molar-refractivity contribution >= 4 is 28.7 Å². The van der Waals surface area contributed by atoms with Crippen molar-refractivity contribution in [3.8, 4) is 0 Å². The van der Waals surface area contributed by atoms with Gasteiger partial charge < -0.3 is 21.4 Å². The Labute approximate surface area is 92.3 Å². The van der Waals surface area contributed by atoms with Gasteiger partial charge in [-0.05, 0) is 0 Å². The molecule has 82 valence electrons. The Kier molecular flexibility index (Phi) is 3.62. The van der Waals surface area contributed by atoms with Gasteiger partial charge in [0.2, 0.25) is 0 Å². The maximum Gasteiger partial charge on any atom is 0.276 e. The van der Waals surface area contributed by atoms with Gasteiger partial charge in [0.15, 0.2) is 5.82 Å². The molecule has 0 saturated heterocycles. The van der Waals surface area contributed by atoms with Crippen LogP contribution in [0.4, 0.5) is 11.5 Å². The fraction of sp³-hybridized carbons (Fsp3) is 0.375. The molecule has 0 aliphatic rings. The number of nitrogens with zero attached hydrogens (tertiary/aromatic N) is 2. The molecule has 0 aliphatic heterocycles. The number of hydrogen-bond donors (Lipinski definition) is 3. The van der Waals surface area contributed by atoms with Crippen LogP contribution in [-0.4, -0.2) is 28.5 Å². The summed E-state index contributed by atoms with van der Waals surface area (Å²) >= 11 is 4.75. The monoisotopic (exact) mass is 227 g/mol. The summed E-state index contributed by atoms with van der Waals surface area (Å²) in [5.41, 5.74) is 10.7. The molecule has 6 nitrogen and oxygen atoms in total. The molecule has 15 heavy (non-hydrogen) atoms. The molecule has 0 fully saturated rings. The van der Waals surface area contributed by atoms with Crippen LogP contribution in [0.15, 0.2) is 11.1 Å². The van der Waals surface area contributed by atoms with Crippen LogP contribution in [0.5, 0.6) is 0 Å². The lowest BCUT2D eigenvalue weighted by atomic mass is 10.3. The van der Waals surface area contributed by atoms with Crippen molar-refractivity contribution in [1.29, 1.82) is 0 Å². The zero-order chi connectivity index (χ0) is 11.4. The highest BCUT2D eigenvalue weighted by Crippen LogP contribution is 2.12. The number of nitrogens with two attached hydrogens (primary N) is 2. The summed E-state index contributed by atoms with van der Waals surface area (Å²) in [6.07, 6.45) is 1.87. The van der Waals surface area contributed by atoms with E-state index in [4.69, 9.17) is 23.7 Å². The van der Waals surface area contributed by atoms with Gasteiger partial charge in [-0.15, -0.1) is 0 Å². The third-order valence-corrected chi connectivity index (χ3v) is 2.13. The van der Waals surface area contributed by atoms with E-state index < -0.39 is 0 Å². The van der Waals surface area contributed by atoms with Gasteiger partial charge in [0, 0.05) is 20.0 Å². The highest BCUT2D eigenvalue weighted by atomic mass is 32.1. The Bertz CT molecular complexity index is 416. The number of hydrogen-bond acceptors (Lipinski definition) is 5. The number of aromatic amines is 1. The molecular weight excluding hydrogens is 214 g/mol. The second kappa shape index (κ2) is 4.74. The van der Waals surface area contributed by atoms with E-state index in [1.54, 1.807) is 11.9 Å². The molecule has 1 heterocycles. The highest BCUT2D eigenvalue weighted by molar-refractivity contribution is 7.80. The zero-order valence-electron chi connectivity index (χ0n) is 8.36. The number of rotatable bonds is 4. The van der Waals surface area contributed by atoms with E-state index in [0.717, 1.165) is 0 Å². The zero-order valence-corrected chi connectivity index (χ0v) is 9.17. The predicted octanol–water partition coefficient (Wildman–Crippen LogP) is -0.535. The van der Waals surface area contributed by atoms with Gasteiger partial charge in [-0.1, -0.05) is 12.2 Å². The molecule has 0 saturated carbocycles. The van der Waals surface area contributed by atoms with Gasteiger partial charge >= 0.3 is 0 Å². The van der Waals surface area contributed by atoms with Crippen LogP contribution >= 0.6 is 12.2 Å². The van der Waals surface area contributed by atoms with Gasteiger partial charge in [0.25, 0.3) is 5.56 Å². The fourth-order valence-electron chi connectivity index (χ4n) is 1.09. The molecule has 1 aromatic rings. The van der Waals surface area contributed by atoms with Crippen molar-refractivity contribution in [2.75, 3.05) is 24.2 Å². The molecule has 0 unspecified atom stereocenters. The minimum absolute atomic E-state index is 0.0999. The Balaban J connectivity index is 2.82. The summed E-state index contributed by atoms with van der Waals surface area (Å²) in [5.74, 6) is 0.440. The predicted molar refractivity (Wildman–Crippen MR) is 63.9 cm³/mol. The summed E-state index contributed by atoms with van der Waals surface area (Å²) in [5, 5.41) is 0. The lowest BCUT2D eigenvalue weighted by molar-refractivity contribution is 0.891. The Morgan fingerprint density at radius 2 is 2.40 bits per heavy atom. The topological polar surface area (TPSA) is 101 Å². The van der Waals surface area contributed by atoms with Gasteiger partial charge in [0.05, 0.1) is 11.3 Å². The number of aromatic nitrogens is 2. The Hall–Kier alpha value is -1.63. The molecule has 5 N–H and O–H groups in total. The average Bonchev–Trinajstić information content (AvgIpc) is 2.18. The first kappa shape index (κ1) is 11.4. The van der Waals surface area contributed by atoms with Crippen molar-refractivity contribution in [1.82, 2.24) is 9.97 Å². The lowest BCUT2D eigenvalue weighted by Crippen LogP contribution is -2.27. The number of nitrogens with one attached hydrogen (secondary N) is 1. The largest absolute Gasteiger partial charge is 0.393 e. The molecule has 0 aromatic carbocycles. The number of anilines is 2. The minimum Gasteiger partial charge on any atom is -0.393 e. The first-order chi connectivity index (χ1) is 7.02. The summed E-state index contributed by atoms with van der Waals surface area (Å²) in [4.78, 5) is 19.7. The quantitative estimate of drug-likeness (QED) is 0.597. The molecule has 0 radical (unpaired) electrons. The molecule has 0 amide bonds. The Morgan fingerprint density at radius 1 is 1.73 bits per heavy atom. The van der Waals surface area contributed by atoms with Gasteiger partial charge in [-0.25, -0.2) is 4.98 Å². The van der Waals surface area contributed by atoms with E-state index in [9.17, 15) is 4.79 Å². The van der Waals surface area contributed by atoms with Crippen LogP contribution < -0.4 is 21.9 Å². The summed E-state index contributed by atoms with van der Waals surface area (Å²) < 4.78 is 0. The van der Waals surface area contributed by atoms with E-state index >= 15 is 0 Å². The van der Waals surface area contributed by atoms with Crippen LogP contribution in [0.3, 0.4) is 0 Å². The summed E-state index contributed by atoms with van der Waals surface area (Å²) in [6, 6.07) is 0. The SMILES string of the molecule is CN(CCC(N)=S)c1nc[nH]c(=O)c1N. The van der Waals surface area contributed by atoms with Gasteiger partial charge in [-0.3, -0.25) is 4.79 Å². The molecular formula is C8H13N5OS. The van der Waals surface area contributed by atoms with E-state index in [1.807, 2.05) is 0 Å². The van der Waals surface area contributed by atoms with E-state index in [2.05, 4.69) is 9.97 Å². The second-order valence-corrected chi connectivity index (χ2v) is 3.63. The minimum atomic E-state index is -0.345. The molecule has 0 spiro atoms. The average molecular weight is 227 g/mol. The van der Waals surface area contributed by atoms with Crippen molar-refractivity contribution in [3.05, 3.63) is 16.7 Å². The standard InChI is InChI=1S/C8H13N5OS/c1-13(3-2-5(9)15)7-6(10)8(14)12-4-11-7/h4H,2-3,10H2,1H3,(H2,9,15)(H,11,12,14). The lowest BCUT2D eigenvalue weighted by Gasteiger charge is -2.18. The highest BCUT2D eigenvalue weighted by Gasteiger charge is 2.09. The number of H-pyrrole nitrogens is 1. The second-order valence-electron chi connectivity index (χ2n) is 3.11. The van der Waals surface area contributed by atoms with Crippen molar-refractivity contribution in [3.63, 3.8) is 0 Å². The van der Waals surface area contributed by atoms with Crippen LogP contribution in [-0.2, 0) is 0 Å². The molecule has 0 aliphatic carbocycles. The van der Waals surface area contributed by atoms with Crippen molar-refractivity contribution < 1.29 is 0 Å². The number of nitrogen functional groups attached to an aromatic ring is 1. The van der Waals surface area contributed by atoms with E-state index in [1.165, 1.54) is 6.33 Å². The van der Waals surface area contributed by atoms with Gasteiger partial charge in [0.1, 0.15) is 5.69 Å². The first-order valence-corrected chi connectivity index (χ1v) is 4.75. The first-order valence-electron chi connectivity index (χ1n) is 4.35. The number of thiocarbonyl (C=S) groups is 1. The summed E-state index contributed by atoms with van der Waals surface area (Å²) in [6.45, 7) is 0.579. The maximum absolute atomic E-state index is 11.2. The Morgan fingerprint density at radius 3 is 3.00 bits per heavy atom. The summed E-state index contributed by atoms with van der Waals surface area (Å²) in [7, 11) is 1.77. The van der Waals surface area contributed by atoms with Crippen LogP contribution in [0.25, 0.3) is 0 Å². The third kappa shape index (κ3) is 2.91. The molecule has 1 aromatic heterocycles.